The van der Waals surface area contributed by atoms with E-state index in [1.807, 2.05) is 30.3 Å². The number of hydrogen-bond acceptors (Lipinski definition) is 4. The van der Waals surface area contributed by atoms with Gasteiger partial charge >= 0.3 is 0 Å². The molecule has 0 N–H and O–H groups in total. The van der Waals surface area contributed by atoms with Crippen LogP contribution in [0.2, 0.25) is 5.15 Å². The fourth-order valence-electron chi connectivity index (χ4n) is 2.53. The maximum absolute atomic E-state index is 12.6. The Labute approximate surface area is 149 Å². The van der Waals surface area contributed by atoms with Crippen LogP contribution in [-0.4, -0.2) is 22.4 Å². The van der Waals surface area contributed by atoms with E-state index in [-0.39, 0.29) is 10.8 Å². The van der Waals surface area contributed by atoms with Crippen LogP contribution >= 0.6 is 11.6 Å². The fraction of sp³-hybridized carbons (Fsp3) is 0.105. The lowest BCUT2D eigenvalue weighted by atomic mass is 10.1. The van der Waals surface area contributed by atoms with Crippen LogP contribution in [-0.2, 0) is 7.05 Å². The molecule has 0 unspecified atom stereocenters. The average Bonchev–Trinajstić information content (AvgIpc) is 2.65. The van der Waals surface area contributed by atoms with Crippen molar-refractivity contribution in [2.24, 2.45) is 7.05 Å². The number of benzene rings is 2. The molecule has 0 aliphatic rings. The Bertz CT molecular complexity index is 980. The van der Waals surface area contributed by atoms with Crippen molar-refractivity contribution in [3.8, 4) is 17.0 Å². The third kappa shape index (κ3) is 3.19. The molecule has 3 aromatic rings. The van der Waals surface area contributed by atoms with Crippen LogP contribution in [0.1, 0.15) is 16.1 Å². The fourth-order valence-corrected chi connectivity index (χ4v) is 2.85. The van der Waals surface area contributed by atoms with E-state index in [0.717, 1.165) is 5.56 Å². The highest BCUT2D eigenvalue weighted by atomic mass is 35.5. The normalized spacial score (nSPS) is 10.5. The molecule has 3 rings (SSSR count). The summed E-state index contributed by atoms with van der Waals surface area (Å²) < 4.78 is 6.42. The molecule has 126 valence electrons. The van der Waals surface area contributed by atoms with Crippen LogP contribution < -0.4 is 10.3 Å². The molecule has 1 aromatic heterocycles. The Hall–Kier alpha value is -2.92. The van der Waals surface area contributed by atoms with Crippen molar-refractivity contribution in [3.63, 3.8) is 0 Å². The highest BCUT2D eigenvalue weighted by molar-refractivity contribution is 6.32. The third-order valence-corrected chi connectivity index (χ3v) is 4.13. The van der Waals surface area contributed by atoms with Gasteiger partial charge in [0, 0.05) is 18.2 Å². The molecule has 0 atom stereocenters. The van der Waals surface area contributed by atoms with Gasteiger partial charge in [-0.2, -0.15) is 0 Å². The number of halogens is 1. The standard InChI is InChI=1S/C19H15ClN2O3/c1-22-16(12-6-4-3-5-7-12)18(20)21-15(19(22)24)17(23)13-8-10-14(25-2)11-9-13/h3-11H,1-2H3. The molecule has 0 radical (unpaired) electrons. The maximum Gasteiger partial charge on any atom is 0.280 e. The first-order valence-corrected chi connectivity index (χ1v) is 7.91. The Morgan fingerprint density at radius 1 is 1.08 bits per heavy atom. The van der Waals surface area contributed by atoms with Gasteiger partial charge in [-0.25, -0.2) is 4.98 Å². The van der Waals surface area contributed by atoms with Gasteiger partial charge in [0.15, 0.2) is 10.8 Å². The molecular formula is C19H15ClN2O3. The molecule has 0 aliphatic carbocycles. The van der Waals surface area contributed by atoms with Gasteiger partial charge in [0.05, 0.1) is 12.8 Å². The van der Waals surface area contributed by atoms with Gasteiger partial charge in [0.25, 0.3) is 5.56 Å². The van der Waals surface area contributed by atoms with Crippen LogP contribution in [0.3, 0.4) is 0 Å². The number of carbonyl (C=O) groups excluding carboxylic acids is 1. The summed E-state index contributed by atoms with van der Waals surface area (Å²) in [6, 6.07) is 15.7. The number of methoxy groups -OCH3 is 1. The Balaban J connectivity index is 2.09. The quantitative estimate of drug-likeness (QED) is 0.674. The van der Waals surface area contributed by atoms with Gasteiger partial charge in [-0.05, 0) is 24.3 Å². The third-order valence-electron chi connectivity index (χ3n) is 3.86. The van der Waals surface area contributed by atoms with E-state index in [1.165, 1.54) is 11.7 Å². The molecule has 0 aliphatic heterocycles. The number of ether oxygens (including phenoxy) is 1. The molecule has 2 aromatic carbocycles. The molecule has 0 bridgehead atoms. The van der Waals surface area contributed by atoms with Crippen molar-refractivity contribution in [3.05, 3.63) is 81.4 Å². The highest BCUT2D eigenvalue weighted by Crippen LogP contribution is 2.25. The van der Waals surface area contributed by atoms with Gasteiger partial charge in [0.2, 0.25) is 5.78 Å². The predicted molar refractivity (Wildman–Crippen MR) is 96.4 cm³/mol. The van der Waals surface area contributed by atoms with Crippen molar-refractivity contribution in [1.82, 2.24) is 9.55 Å². The van der Waals surface area contributed by atoms with Crippen molar-refractivity contribution in [2.75, 3.05) is 7.11 Å². The number of aromatic nitrogens is 2. The number of carbonyl (C=O) groups is 1. The smallest absolute Gasteiger partial charge is 0.280 e. The number of nitrogens with zero attached hydrogens (tertiary/aromatic N) is 2. The van der Waals surface area contributed by atoms with E-state index in [4.69, 9.17) is 16.3 Å². The minimum atomic E-state index is -0.496. The minimum absolute atomic E-state index is 0.102. The molecule has 0 saturated carbocycles. The summed E-state index contributed by atoms with van der Waals surface area (Å²) in [6.07, 6.45) is 0. The molecule has 6 heteroatoms. The Morgan fingerprint density at radius 3 is 2.32 bits per heavy atom. The van der Waals surface area contributed by atoms with E-state index >= 15 is 0 Å². The van der Waals surface area contributed by atoms with Crippen LogP contribution in [0.15, 0.2) is 59.4 Å². The molecule has 1 heterocycles. The SMILES string of the molecule is COc1ccc(C(=O)c2nc(Cl)c(-c3ccccc3)n(C)c2=O)cc1. The van der Waals surface area contributed by atoms with E-state index in [2.05, 4.69) is 4.98 Å². The summed E-state index contributed by atoms with van der Waals surface area (Å²) in [5.74, 6) is 0.139. The number of hydrogen-bond donors (Lipinski definition) is 0. The van der Waals surface area contributed by atoms with E-state index in [0.29, 0.717) is 17.0 Å². The first-order valence-electron chi connectivity index (χ1n) is 7.53. The molecule has 0 fully saturated rings. The van der Waals surface area contributed by atoms with Gasteiger partial charge < -0.3 is 9.30 Å². The molecule has 0 amide bonds. The zero-order valence-electron chi connectivity index (χ0n) is 13.7. The zero-order chi connectivity index (χ0) is 18.0. The minimum Gasteiger partial charge on any atom is -0.497 e. The summed E-state index contributed by atoms with van der Waals surface area (Å²) in [7, 11) is 3.11. The largest absolute Gasteiger partial charge is 0.497 e. The zero-order valence-corrected chi connectivity index (χ0v) is 14.4. The summed E-state index contributed by atoms with van der Waals surface area (Å²) in [5, 5.41) is 0.102. The lowest BCUT2D eigenvalue weighted by Gasteiger charge is -2.12. The van der Waals surface area contributed by atoms with Gasteiger partial charge in [-0.15, -0.1) is 0 Å². The van der Waals surface area contributed by atoms with Gasteiger partial charge in [-0.1, -0.05) is 41.9 Å². The average molecular weight is 355 g/mol. The van der Waals surface area contributed by atoms with Crippen molar-refractivity contribution in [2.45, 2.75) is 0 Å². The highest BCUT2D eigenvalue weighted by Gasteiger charge is 2.21. The van der Waals surface area contributed by atoms with E-state index in [9.17, 15) is 9.59 Å². The lowest BCUT2D eigenvalue weighted by Crippen LogP contribution is -2.28. The second-order valence-electron chi connectivity index (χ2n) is 5.39. The second kappa shape index (κ2) is 6.91. The van der Waals surface area contributed by atoms with Gasteiger partial charge in [0.1, 0.15) is 5.75 Å². The molecule has 25 heavy (non-hydrogen) atoms. The van der Waals surface area contributed by atoms with Crippen LogP contribution in [0.5, 0.6) is 5.75 Å². The van der Waals surface area contributed by atoms with Crippen molar-refractivity contribution >= 4 is 17.4 Å². The maximum atomic E-state index is 12.6. The topological polar surface area (TPSA) is 61.2 Å². The number of ketones is 1. The van der Waals surface area contributed by atoms with Crippen LogP contribution in [0.4, 0.5) is 0 Å². The lowest BCUT2D eigenvalue weighted by molar-refractivity contribution is 0.103. The molecule has 0 saturated heterocycles. The molecular weight excluding hydrogens is 340 g/mol. The summed E-state index contributed by atoms with van der Waals surface area (Å²) in [5.41, 5.74) is 0.858. The van der Waals surface area contributed by atoms with Gasteiger partial charge in [-0.3, -0.25) is 9.59 Å². The summed E-state index contributed by atoms with van der Waals surface area (Å²) in [4.78, 5) is 29.4. The van der Waals surface area contributed by atoms with Crippen molar-refractivity contribution in [1.29, 1.82) is 0 Å². The predicted octanol–water partition coefficient (Wildman–Crippen LogP) is 3.34. The Morgan fingerprint density at radius 2 is 1.72 bits per heavy atom. The number of rotatable bonds is 4. The monoisotopic (exact) mass is 354 g/mol. The molecule has 0 spiro atoms. The second-order valence-corrected chi connectivity index (χ2v) is 5.75. The van der Waals surface area contributed by atoms with Crippen molar-refractivity contribution < 1.29 is 9.53 Å². The first kappa shape index (κ1) is 16.9. The summed E-state index contributed by atoms with van der Waals surface area (Å²) >= 11 is 6.28. The summed E-state index contributed by atoms with van der Waals surface area (Å²) in [6.45, 7) is 0. The van der Waals surface area contributed by atoms with Crippen LogP contribution in [0, 0.1) is 0 Å². The molecule has 5 nitrogen and oxygen atoms in total. The first-order chi connectivity index (χ1) is 12.0. The Kier molecular flexibility index (Phi) is 4.67. The van der Waals surface area contributed by atoms with Crippen LogP contribution in [0.25, 0.3) is 11.3 Å². The van der Waals surface area contributed by atoms with E-state index < -0.39 is 11.3 Å². The van der Waals surface area contributed by atoms with E-state index in [1.54, 1.807) is 31.3 Å².